The molecule has 1 heterocycles. The summed E-state index contributed by atoms with van der Waals surface area (Å²) in [5.41, 5.74) is 5.29. The first-order valence-corrected chi connectivity index (χ1v) is 13.5. The van der Waals surface area contributed by atoms with Gasteiger partial charge < -0.3 is 25.3 Å². The Balaban J connectivity index is 1.27. The van der Waals surface area contributed by atoms with Gasteiger partial charge in [0.15, 0.2) is 0 Å². The van der Waals surface area contributed by atoms with Gasteiger partial charge in [-0.3, -0.25) is 9.59 Å². The summed E-state index contributed by atoms with van der Waals surface area (Å²) < 4.78 is 0. The number of amides is 4. The van der Waals surface area contributed by atoms with Crippen molar-refractivity contribution in [1.82, 2.24) is 9.80 Å². The Labute approximate surface area is 230 Å². The van der Waals surface area contributed by atoms with Crippen molar-refractivity contribution < 1.29 is 14.4 Å². The van der Waals surface area contributed by atoms with Gasteiger partial charge in [-0.15, -0.1) is 0 Å². The number of nitrogens with zero attached hydrogens (tertiary/aromatic N) is 3. The first-order valence-electron chi connectivity index (χ1n) is 13.5. The largest absolute Gasteiger partial charge is 0.368 e. The number of rotatable bonds is 8. The molecule has 4 rings (SSSR count). The molecule has 204 valence electrons. The van der Waals surface area contributed by atoms with E-state index in [0.717, 1.165) is 42.0 Å². The molecule has 8 nitrogen and oxygen atoms in total. The normalized spacial score (nSPS) is 13.1. The van der Waals surface area contributed by atoms with E-state index in [1.165, 1.54) is 0 Å². The maximum Gasteiger partial charge on any atom is 0.321 e. The van der Waals surface area contributed by atoms with E-state index in [9.17, 15) is 14.4 Å². The van der Waals surface area contributed by atoms with Gasteiger partial charge >= 0.3 is 6.03 Å². The molecule has 3 aromatic rings. The van der Waals surface area contributed by atoms with E-state index in [0.29, 0.717) is 30.9 Å². The van der Waals surface area contributed by atoms with E-state index in [1.54, 1.807) is 17.0 Å². The maximum atomic E-state index is 12.9. The Morgan fingerprint density at radius 2 is 1.49 bits per heavy atom. The third kappa shape index (κ3) is 7.60. The first kappa shape index (κ1) is 27.7. The minimum atomic E-state index is -0.232. The summed E-state index contributed by atoms with van der Waals surface area (Å²) in [5.74, 6) is -0.376. The third-order valence-electron chi connectivity index (χ3n) is 6.77. The number of hydrogen-bond acceptors (Lipinski definition) is 4. The van der Waals surface area contributed by atoms with Gasteiger partial charge in [0, 0.05) is 55.3 Å². The standard InChI is InChI=1S/C31H37N5O3/c1-4-16-36(30(38)25-10-8-23(2)9-11-25)22-29(37)32-26-12-14-28(15-13-26)34-17-19-35(20-18-34)31(39)33-27-7-5-6-24(3)21-27/h5-15,21H,4,16-20,22H2,1-3H3,(H,32,37)(H,33,39). The molecule has 3 aromatic carbocycles. The van der Waals surface area contributed by atoms with Crippen LogP contribution in [-0.4, -0.2) is 66.9 Å². The Morgan fingerprint density at radius 3 is 2.13 bits per heavy atom. The summed E-state index contributed by atoms with van der Waals surface area (Å²) in [5, 5.41) is 5.89. The first-order chi connectivity index (χ1) is 18.8. The number of urea groups is 1. The molecule has 1 saturated heterocycles. The van der Waals surface area contributed by atoms with Gasteiger partial charge in [-0.2, -0.15) is 0 Å². The highest BCUT2D eigenvalue weighted by Gasteiger charge is 2.22. The van der Waals surface area contributed by atoms with Crippen molar-refractivity contribution in [3.8, 4) is 0 Å². The van der Waals surface area contributed by atoms with Crippen LogP contribution >= 0.6 is 0 Å². The predicted octanol–water partition coefficient (Wildman–Crippen LogP) is 5.15. The maximum absolute atomic E-state index is 12.9. The highest BCUT2D eigenvalue weighted by Crippen LogP contribution is 2.20. The van der Waals surface area contributed by atoms with E-state index in [2.05, 4.69) is 15.5 Å². The van der Waals surface area contributed by atoms with Crippen LogP contribution < -0.4 is 15.5 Å². The van der Waals surface area contributed by atoms with Gasteiger partial charge in [0.2, 0.25) is 5.91 Å². The Bertz CT molecular complexity index is 1280. The third-order valence-corrected chi connectivity index (χ3v) is 6.77. The average Bonchev–Trinajstić information content (AvgIpc) is 2.93. The molecule has 2 N–H and O–H groups in total. The average molecular weight is 528 g/mol. The molecule has 0 atom stereocenters. The number of benzene rings is 3. The fourth-order valence-electron chi connectivity index (χ4n) is 4.62. The molecule has 8 heteroatoms. The number of nitrogens with one attached hydrogen (secondary N) is 2. The van der Waals surface area contributed by atoms with Crippen LogP contribution in [0.3, 0.4) is 0 Å². The van der Waals surface area contributed by atoms with Crippen molar-refractivity contribution in [2.24, 2.45) is 0 Å². The van der Waals surface area contributed by atoms with Crippen molar-refractivity contribution in [2.75, 3.05) is 54.8 Å². The van der Waals surface area contributed by atoms with Crippen molar-refractivity contribution in [2.45, 2.75) is 27.2 Å². The van der Waals surface area contributed by atoms with E-state index < -0.39 is 0 Å². The quantitative estimate of drug-likeness (QED) is 0.424. The van der Waals surface area contributed by atoms with Crippen LogP contribution in [0.5, 0.6) is 0 Å². The number of carbonyl (C=O) groups is 3. The fraction of sp³-hybridized carbons (Fsp3) is 0.323. The van der Waals surface area contributed by atoms with Crippen LogP contribution in [0.4, 0.5) is 21.9 Å². The lowest BCUT2D eigenvalue weighted by atomic mass is 10.1. The monoisotopic (exact) mass is 527 g/mol. The van der Waals surface area contributed by atoms with E-state index in [4.69, 9.17) is 0 Å². The van der Waals surface area contributed by atoms with Crippen molar-refractivity contribution in [3.05, 3.63) is 89.5 Å². The van der Waals surface area contributed by atoms with Crippen molar-refractivity contribution >= 4 is 34.9 Å². The molecule has 0 aromatic heterocycles. The van der Waals surface area contributed by atoms with Crippen LogP contribution in [0.1, 0.15) is 34.8 Å². The predicted molar refractivity (Wildman–Crippen MR) is 156 cm³/mol. The molecule has 4 amide bonds. The van der Waals surface area contributed by atoms with Crippen LogP contribution in [0.15, 0.2) is 72.8 Å². The number of aryl methyl sites for hydroxylation is 2. The Hall–Kier alpha value is -4.33. The highest BCUT2D eigenvalue weighted by molar-refractivity contribution is 5.99. The van der Waals surface area contributed by atoms with Crippen molar-refractivity contribution in [1.29, 1.82) is 0 Å². The van der Waals surface area contributed by atoms with Gasteiger partial charge in [0.1, 0.15) is 6.54 Å². The van der Waals surface area contributed by atoms with Gasteiger partial charge in [-0.05, 0) is 74.4 Å². The lowest BCUT2D eigenvalue weighted by Crippen LogP contribution is -2.50. The second kappa shape index (κ2) is 13.0. The summed E-state index contributed by atoms with van der Waals surface area (Å²) in [7, 11) is 0. The van der Waals surface area contributed by atoms with Gasteiger partial charge in [-0.25, -0.2) is 4.79 Å². The molecule has 0 spiro atoms. The molecule has 0 saturated carbocycles. The number of carbonyl (C=O) groups excluding carboxylic acids is 3. The molecule has 1 fully saturated rings. The van der Waals surface area contributed by atoms with Gasteiger partial charge in [-0.1, -0.05) is 36.8 Å². The zero-order valence-electron chi connectivity index (χ0n) is 22.9. The molecule has 0 aliphatic carbocycles. The topological polar surface area (TPSA) is 85.0 Å². The highest BCUT2D eigenvalue weighted by atomic mass is 16.2. The Morgan fingerprint density at radius 1 is 0.795 bits per heavy atom. The molecule has 0 radical (unpaired) electrons. The van der Waals surface area contributed by atoms with Gasteiger partial charge in [0.25, 0.3) is 5.91 Å². The molecular formula is C31H37N5O3. The van der Waals surface area contributed by atoms with Crippen molar-refractivity contribution in [3.63, 3.8) is 0 Å². The fourth-order valence-corrected chi connectivity index (χ4v) is 4.62. The number of anilines is 3. The summed E-state index contributed by atoms with van der Waals surface area (Å²) in [4.78, 5) is 44.0. The minimum Gasteiger partial charge on any atom is -0.368 e. The minimum absolute atomic E-state index is 0.00508. The summed E-state index contributed by atoms with van der Waals surface area (Å²) in [6.07, 6.45) is 0.764. The van der Waals surface area contributed by atoms with Crippen LogP contribution in [0, 0.1) is 13.8 Å². The van der Waals surface area contributed by atoms with E-state index >= 15 is 0 Å². The van der Waals surface area contributed by atoms with Crippen LogP contribution in [-0.2, 0) is 4.79 Å². The summed E-state index contributed by atoms with van der Waals surface area (Å²) >= 11 is 0. The SMILES string of the molecule is CCCN(CC(=O)Nc1ccc(N2CCN(C(=O)Nc3cccc(C)c3)CC2)cc1)C(=O)c1ccc(C)cc1. The second-order valence-electron chi connectivity index (χ2n) is 9.96. The van der Waals surface area contributed by atoms with Crippen LogP contribution in [0.25, 0.3) is 0 Å². The summed E-state index contributed by atoms with van der Waals surface area (Å²) in [6, 6.07) is 22.8. The van der Waals surface area contributed by atoms with Gasteiger partial charge in [0.05, 0.1) is 0 Å². The van der Waals surface area contributed by atoms with E-state index in [1.807, 2.05) is 86.3 Å². The number of hydrogen-bond donors (Lipinski definition) is 2. The molecule has 1 aliphatic rings. The summed E-state index contributed by atoms with van der Waals surface area (Å²) in [6.45, 7) is 9.16. The molecule has 39 heavy (non-hydrogen) atoms. The molecule has 1 aliphatic heterocycles. The second-order valence-corrected chi connectivity index (χ2v) is 9.96. The zero-order chi connectivity index (χ0) is 27.8. The molecule has 0 bridgehead atoms. The molecular weight excluding hydrogens is 490 g/mol. The lowest BCUT2D eigenvalue weighted by molar-refractivity contribution is -0.116. The number of piperazine rings is 1. The molecule has 0 unspecified atom stereocenters. The van der Waals surface area contributed by atoms with E-state index in [-0.39, 0.29) is 24.4 Å². The smallest absolute Gasteiger partial charge is 0.321 e. The Kier molecular flexibility index (Phi) is 9.20. The lowest BCUT2D eigenvalue weighted by Gasteiger charge is -2.36. The van der Waals surface area contributed by atoms with Crippen LogP contribution in [0.2, 0.25) is 0 Å². The zero-order valence-corrected chi connectivity index (χ0v) is 22.9.